The van der Waals surface area contributed by atoms with Crippen molar-refractivity contribution in [3.63, 3.8) is 0 Å². The molecule has 3 aromatic heterocycles. The van der Waals surface area contributed by atoms with Crippen molar-refractivity contribution in [3.05, 3.63) is 106 Å². The first kappa shape index (κ1) is 35.4. The Kier molecular flexibility index (Phi) is 8.68. The van der Waals surface area contributed by atoms with Crippen molar-refractivity contribution in [1.82, 2.24) is 34.5 Å². The molecule has 2 saturated heterocycles. The molecule has 9 rings (SSSR count). The number of aliphatic hydroxyl groups is 1. The first-order valence-electron chi connectivity index (χ1n) is 19.1. The van der Waals surface area contributed by atoms with Gasteiger partial charge in [-0.2, -0.15) is 4.98 Å². The fourth-order valence-corrected chi connectivity index (χ4v) is 8.48. The molecule has 3 N–H and O–H groups in total. The number of imide groups is 1. The first-order valence-corrected chi connectivity index (χ1v) is 19.1. The predicted octanol–water partition coefficient (Wildman–Crippen LogP) is 3.54. The van der Waals surface area contributed by atoms with E-state index in [0.717, 1.165) is 60.8 Å². The van der Waals surface area contributed by atoms with Crippen LogP contribution in [0.4, 0.5) is 23.0 Å². The van der Waals surface area contributed by atoms with Crippen LogP contribution in [0, 0.1) is 0 Å². The highest BCUT2D eigenvalue weighted by atomic mass is 16.3. The van der Waals surface area contributed by atoms with E-state index in [1.807, 2.05) is 43.3 Å². The van der Waals surface area contributed by atoms with E-state index in [2.05, 4.69) is 50.2 Å². The van der Waals surface area contributed by atoms with Crippen LogP contribution in [0.2, 0.25) is 0 Å². The number of nitrogens with one attached hydrogen (secondary N) is 2. The van der Waals surface area contributed by atoms with Gasteiger partial charge in [-0.1, -0.05) is 19.1 Å². The van der Waals surface area contributed by atoms with Crippen molar-refractivity contribution in [3.8, 4) is 5.82 Å². The summed E-state index contributed by atoms with van der Waals surface area (Å²) in [7, 11) is 0. The zero-order valence-electron chi connectivity index (χ0n) is 31.1. The summed E-state index contributed by atoms with van der Waals surface area (Å²) in [6.07, 6.45) is 5.66. The van der Waals surface area contributed by atoms with Gasteiger partial charge in [0.1, 0.15) is 17.0 Å². The molecular formula is C41H42N10O5. The third kappa shape index (κ3) is 5.98. The lowest BCUT2D eigenvalue weighted by Crippen LogP contribution is -2.52. The molecule has 286 valence electrons. The molecule has 1 unspecified atom stereocenters. The number of aryl methyl sites for hydroxylation is 1. The van der Waals surface area contributed by atoms with Crippen LogP contribution in [-0.2, 0) is 34.7 Å². The fraction of sp³-hybridized carbons (Fsp3) is 0.341. The van der Waals surface area contributed by atoms with Gasteiger partial charge in [0.15, 0.2) is 11.5 Å². The van der Waals surface area contributed by atoms with Crippen LogP contribution >= 0.6 is 0 Å². The highest BCUT2D eigenvalue weighted by molar-refractivity contribution is 6.05. The van der Waals surface area contributed by atoms with Crippen molar-refractivity contribution in [2.45, 2.75) is 63.8 Å². The van der Waals surface area contributed by atoms with Gasteiger partial charge in [-0.15, -0.1) is 6.58 Å². The van der Waals surface area contributed by atoms with Crippen molar-refractivity contribution in [2.24, 2.45) is 0 Å². The number of piperidine rings is 1. The second-order valence-corrected chi connectivity index (χ2v) is 14.9. The number of carbonyl (C=O) groups excluding carboxylic acids is 3. The lowest BCUT2D eigenvalue weighted by Gasteiger charge is -2.37. The van der Waals surface area contributed by atoms with Gasteiger partial charge in [0.25, 0.3) is 11.5 Å². The lowest BCUT2D eigenvalue weighted by molar-refractivity contribution is -0.136. The highest BCUT2D eigenvalue weighted by Gasteiger charge is 2.40. The summed E-state index contributed by atoms with van der Waals surface area (Å²) >= 11 is 0. The number of hydrogen-bond acceptors (Lipinski definition) is 11. The summed E-state index contributed by atoms with van der Waals surface area (Å²) in [5.41, 5.74) is 5.20. The smallest absolute Gasteiger partial charge is 0.278 e. The molecule has 3 amide bonds. The van der Waals surface area contributed by atoms with Gasteiger partial charge in [-0.05, 0) is 85.3 Å². The minimum absolute atomic E-state index is 0.169. The lowest BCUT2D eigenvalue weighted by atomic mass is 9.98. The Labute approximate surface area is 322 Å². The van der Waals surface area contributed by atoms with Crippen LogP contribution in [0.3, 0.4) is 0 Å². The molecule has 6 heterocycles. The third-order valence-corrected chi connectivity index (χ3v) is 11.6. The summed E-state index contributed by atoms with van der Waals surface area (Å²) in [6.45, 7) is 9.58. The molecule has 2 fully saturated rings. The van der Waals surface area contributed by atoms with Crippen LogP contribution in [0.15, 0.2) is 78.2 Å². The third-order valence-electron chi connectivity index (χ3n) is 11.6. The maximum Gasteiger partial charge on any atom is 0.278 e. The number of hydrogen-bond donors (Lipinski definition) is 3. The highest BCUT2D eigenvalue weighted by Crippen LogP contribution is 2.38. The number of pyridine rings is 1. The maximum absolute atomic E-state index is 13.5. The van der Waals surface area contributed by atoms with Crippen molar-refractivity contribution in [1.29, 1.82) is 0 Å². The minimum Gasteiger partial charge on any atom is -0.384 e. The molecule has 3 aliphatic heterocycles. The molecule has 1 aliphatic carbocycles. The summed E-state index contributed by atoms with van der Waals surface area (Å²) in [5, 5.41) is 17.3. The van der Waals surface area contributed by atoms with E-state index >= 15 is 0 Å². The van der Waals surface area contributed by atoms with Crippen LogP contribution in [0.5, 0.6) is 0 Å². The Bertz CT molecular complexity index is 2480. The molecule has 0 radical (unpaired) electrons. The predicted molar refractivity (Wildman–Crippen MR) is 210 cm³/mol. The molecular weight excluding hydrogens is 713 g/mol. The molecule has 4 aliphatic rings. The topological polar surface area (TPSA) is 171 Å². The summed E-state index contributed by atoms with van der Waals surface area (Å²) in [4.78, 5) is 71.1. The number of aromatic nitrogens is 5. The van der Waals surface area contributed by atoms with Gasteiger partial charge in [0.2, 0.25) is 17.8 Å². The molecule has 0 saturated carbocycles. The van der Waals surface area contributed by atoms with Gasteiger partial charge in [0.05, 0.1) is 12.2 Å². The SMILES string of the molecule is C=CCn1c(=O)c2cnc(Nc3ccc(N4CCN(c5ccc6c(c5)CN(C5CCC(=O)NC5=O)C6=O)CC4)cc3)nc2n1-c1ccc2c(n1)[C@@](O)(CC)CC2. The van der Waals surface area contributed by atoms with E-state index in [1.165, 1.54) is 10.9 Å². The van der Waals surface area contributed by atoms with E-state index in [0.29, 0.717) is 59.9 Å². The van der Waals surface area contributed by atoms with Gasteiger partial charge in [0, 0.05) is 68.0 Å². The average molecular weight is 755 g/mol. The zero-order chi connectivity index (χ0) is 38.7. The molecule has 56 heavy (non-hydrogen) atoms. The quantitative estimate of drug-likeness (QED) is 0.149. The summed E-state index contributed by atoms with van der Waals surface area (Å²) < 4.78 is 3.21. The fourth-order valence-electron chi connectivity index (χ4n) is 8.48. The number of carbonyl (C=O) groups is 3. The van der Waals surface area contributed by atoms with Gasteiger partial charge < -0.3 is 25.1 Å². The molecule has 15 nitrogen and oxygen atoms in total. The van der Waals surface area contributed by atoms with E-state index in [1.54, 1.807) is 15.7 Å². The summed E-state index contributed by atoms with van der Waals surface area (Å²) in [6, 6.07) is 17.1. The van der Waals surface area contributed by atoms with Crippen LogP contribution in [0.1, 0.15) is 59.8 Å². The average Bonchev–Trinajstić information content (AvgIpc) is 3.82. The van der Waals surface area contributed by atoms with Gasteiger partial charge in [-0.25, -0.2) is 19.3 Å². The Morgan fingerprint density at radius 3 is 2.43 bits per heavy atom. The van der Waals surface area contributed by atoms with Crippen molar-refractivity contribution in [2.75, 3.05) is 41.3 Å². The van der Waals surface area contributed by atoms with Crippen molar-refractivity contribution < 1.29 is 19.5 Å². The number of nitrogens with zero attached hydrogens (tertiary/aromatic N) is 8. The number of benzene rings is 2. The Hall–Kier alpha value is -6.35. The van der Waals surface area contributed by atoms with E-state index in [-0.39, 0.29) is 30.3 Å². The second kappa shape index (κ2) is 13.7. The number of rotatable bonds is 9. The number of fused-ring (bicyclic) bond motifs is 3. The number of amides is 3. The molecule has 5 aromatic rings. The Balaban J connectivity index is 0.880. The first-order chi connectivity index (χ1) is 27.1. The van der Waals surface area contributed by atoms with Crippen molar-refractivity contribution >= 4 is 51.8 Å². The van der Waals surface area contributed by atoms with E-state index in [9.17, 15) is 24.3 Å². The number of piperazine rings is 1. The largest absolute Gasteiger partial charge is 0.384 e. The van der Waals surface area contributed by atoms with E-state index < -0.39 is 17.6 Å². The van der Waals surface area contributed by atoms with Gasteiger partial charge in [-0.3, -0.25) is 24.5 Å². The normalized spacial score (nSPS) is 20.7. The minimum atomic E-state index is -1.00. The number of anilines is 4. The van der Waals surface area contributed by atoms with Gasteiger partial charge >= 0.3 is 0 Å². The van der Waals surface area contributed by atoms with Crippen LogP contribution in [-0.4, -0.2) is 84.3 Å². The molecule has 2 aromatic carbocycles. The molecule has 0 spiro atoms. The molecule has 15 heteroatoms. The van der Waals surface area contributed by atoms with Crippen LogP contribution < -0.4 is 26.0 Å². The monoisotopic (exact) mass is 754 g/mol. The zero-order valence-corrected chi connectivity index (χ0v) is 31.1. The molecule has 2 atom stereocenters. The number of allylic oxidation sites excluding steroid dienone is 1. The Morgan fingerprint density at radius 1 is 0.946 bits per heavy atom. The maximum atomic E-state index is 13.5. The van der Waals surface area contributed by atoms with Crippen LogP contribution in [0.25, 0.3) is 16.9 Å². The second-order valence-electron chi connectivity index (χ2n) is 14.9. The summed E-state index contributed by atoms with van der Waals surface area (Å²) in [5.74, 6) is -0.0584. The molecule has 0 bridgehead atoms. The standard InChI is InChI=1S/C41H42N10O5/c1-3-17-50-39(55)31-23-42-40(46-36(31)51(50)33-13-5-25-15-16-41(56,4-2)35(25)44-33)43-27-6-8-28(9-7-27)47-18-20-48(21-19-47)29-10-11-30-26(22-29)24-49(38(30)54)32-12-14-34(52)45-37(32)53/h3,5-11,13,22-23,32,56H,1,4,12,14-21,24H2,2H3,(H,42,43,46)(H,45,52,53)/t32?,41-/m1/s1. The van der Waals surface area contributed by atoms with E-state index in [4.69, 9.17) is 9.97 Å². The Morgan fingerprint density at radius 2 is 1.70 bits per heavy atom.